The number of halogens is 2. The lowest BCUT2D eigenvalue weighted by Gasteiger charge is -2.16. The second-order valence-electron chi connectivity index (χ2n) is 6.33. The number of nitrogens with zero attached hydrogens (tertiary/aromatic N) is 2. The fourth-order valence-electron chi connectivity index (χ4n) is 3.01. The first-order chi connectivity index (χ1) is 13.4. The molecule has 146 valence electrons. The molecule has 0 saturated carbocycles. The van der Waals surface area contributed by atoms with Crippen LogP contribution in [0, 0.1) is 5.92 Å². The average Bonchev–Trinajstić information content (AvgIpc) is 2.95. The first-order valence-electron chi connectivity index (χ1n) is 8.69. The van der Waals surface area contributed by atoms with Crippen molar-refractivity contribution in [3.8, 4) is 11.5 Å². The number of methoxy groups -OCH3 is 1. The van der Waals surface area contributed by atoms with Gasteiger partial charge >= 0.3 is 0 Å². The highest BCUT2D eigenvalue weighted by molar-refractivity contribution is 6.32. The van der Waals surface area contributed by atoms with Crippen molar-refractivity contribution in [2.45, 2.75) is 13.3 Å². The van der Waals surface area contributed by atoms with Crippen LogP contribution in [0.1, 0.15) is 12.5 Å². The van der Waals surface area contributed by atoms with Gasteiger partial charge in [0.25, 0.3) is 5.91 Å². The molecule has 0 aromatic heterocycles. The molecule has 1 amide bonds. The molecule has 0 aliphatic carbocycles. The van der Waals surface area contributed by atoms with E-state index in [9.17, 15) is 4.79 Å². The van der Waals surface area contributed by atoms with Crippen LogP contribution in [0.25, 0.3) is 0 Å². The molecule has 0 saturated heterocycles. The number of benzene rings is 2. The topological polar surface area (TPSA) is 51.1 Å². The number of hydrogen-bond donors (Lipinski definition) is 0. The molecule has 5 nitrogen and oxygen atoms in total. The molecule has 0 unspecified atom stereocenters. The van der Waals surface area contributed by atoms with Crippen LogP contribution < -0.4 is 14.5 Å². The quantitative estimate of drug-likeness (QED) is 0.584. The van der Waals surface area contributed by atoms with Gasteiger partial charge in [-0.15, -0.1) is 0 Å². The standard InChI is InChI=1S/C21H20Cl2N2O3/c1-4-9-28-20-18(23)11-14(12-19(20)27-3)10-17-13(2)24-25(21(17)26)16-7-5-15(22)6-8-16/h4-8,11-12,17H,1,9-10H2,2-3H3/t17-/m1/s1. The summed E-state index contributed by atoms with van der Waals surface area (Å²) in [5.74, 6) is 0.496. The van der Waals surface area contributed by atoms with E-state index in [4.69, 9.17) is 32.7 Å². The van der Waals surface area contributed by atoms with Crippen molar-refractivity contribution in [3.63, 3.8) is 0 Å². The van der Waals surface area contributed by atoms with Crippen molar-refractivity contribution in [2.24, 2.45) is 11.0 Å². The molecular weight excluding hydrogens is 399 g/mol. The molecule has 3 rings (SSSR count). The van der Waals surface area contributed by atoms with E-state index in [2.05, 4.69) is 11.7 Å². The highest BCUT2D eigenvalue weighted by Gasteiger charge is 2.34. The number of ether oxygens (including phenoxy) is 2. The summed E-state index contributed by atoms with van der Waals surface area (Å²) in [7, 11) is 1.55. The average molecular weight is 419 g/mol. The Morgan fingerprint density at radius 3 is 2.61 bits per heavy atom. The summed E-state index contributed by atoms with van der Waals surface area (Å²) in [6.07, 6.45) is 2.09. The Balaban J connectivity index is 1.82. The Labute approximate surface area is 174 Å². The number of anilines is 1. The van der Waals surface area contributed by atoms with Crippen LogP contribution in [0.15, 0.2) is 54.2 Å². The molecule has 0 fully saturated rings. The molecule has 2 aromatic carbocycles. The minimum Gasteiger partial charge on any atom is -0.493 e. The van der Waals surface area contributed by atoms with E-state index >= 15 is 0 Å². The fraction of sp³-hybridized carbons (Fsp3) is 0.238. The van der Waals surface area contributed by atoms with E-state index in [1.807, 2.05) is 13.0 Å². The zero-order chi connectivity index (χ0) is 20.3. The predicted octanol–water partition coefficient (Wildman–Crippen LogP) is 5.15. The van der Waals surface area contributed by atoms with Crippen LogP contribution in [0.5, 0.6) is 11.5 Å². The van der Waals surface area contributed by atoms with Crippen LogP contribution in [0.2, 0.25) is 10.0 Å². The Kier molecular flexibility index (Phi) is 6.27. The summed E-state index contributed by atoms with van der Waals surface area (Å²) in [6, 6.07) is 10.6. The maximum Gasteiger partial charge on any atom is 0.256 e. The van der Waals surface area contributed by atoms with Gasteiger partial charge in [-0.25, -0.2) is 5.01 Å². The fourth-order valence-corrected chi connectivity index (χ4v) is 3.43. The minimum absolute atomic E-state index is 0.0955. The number of amides is 1. The number of carbonyl (C=O) groups excluding carboxylic acids is 1. The minimum atomic E-state index is -0.378. The molecule has 28 heavy (non-hydrogen) atoms. The Bertz CT molecular complexity index is 926. The van der Waals surface area contributed by atoms with Crippen molar-refractivity contribution in [1.29, 1.82) is 0 Å². The van der Waals surface area contributed by atoms with Gasteiger partial charge in [0.2, 0.25) is 0 Å². The Morgan fingerprint density at radius 1 is 1.25 bits per heavy atom. The third-order valence-corrected chi connectivity index (χ3v) is 4.95. The van der Waals surface area contributed by atoms with Crippen LogP contribution in [-0.2, 0) is 11.2 Å². The summed E-state index contributed by atoms with van der Waals surface area (Å²) in [5.41, 5.74) is 2.28. The highest BCUT2D eigenvalue weighted by atomic mass is 35.5. The van der Waals surface area contributed by atoms with Gasteiger partial charge < -0.3 is 9.47 Å². The van der Waals surface area contributed by atoms with Crippen molar-refractivity contribution < 1.29 is 14.3 Å². The maximum atomic E-state index is 12.9. The summed E-state index contributed by atoms with van der Waals surface area (Å²) < 4.78 is 11.0. The predicted molar refractivity (Wildman–Crippen MR) is 113 cm³/mol. The monoisotopic (exact) mass is 418 g/mol. The summed E-state index contributed by atoms with van der Waals surface area (Å²) in [6.45, 7) is 5.79. The van der Waals surface area contributed by atoms with Gasteiger partial charge in [-0.05, 0) is 55.3 Å². The van der Waals surface area contributed by atoms with Gasteiger partial charge in [0.15, 0.2) is 11.5 Å². The van der Waals surface area contributed by atoms with Gasteiger partial charge in [-0.1, -0.05) is 35.9 Å². The molecule has 2 aromatic rings. The normalized spacial score (nSPS) is 16.1. The zero-order valence-electron chi connectivity index (χ0n) is 15.6. The molecule has 0 spiro atoms. The lowest BCUT2D eigenvalue weighted by atomic mass is 9.95. The first kappa shape index (κ1) is 20.2. The van der Waals surface area contributed by atoms with Crippen LogP contribution in [-0.4, -0.2) is 25.3 Å². The van der Waals surface area contributed by atoms with Crippen LogP contribution in [0.3, 0.4) is 0 Å². The Hall–Kier alpha value is -2.50. The highest BCUT2D eigenvalue weighted by Crippen LogP contribution is 2.38. The molecule has 0 radical (unpaired) electrons. The molecule has 7 heteroatoms. The van der Waals surface area contributed by atoms with E-state index in [1.165, 1.54) is 5.01 Å². The molecule has 1 aliphatic heterocycles. The lowest BCUT2D eigenvalue weighted by molar-refractivity contribution is -0.119. The number of hydrazone groups is 1. The molecular formula is C21H20Cl2N2O3. The number of carbonyl (C=O) groups is 1. The largest absolute Gasteiger partial charge is 0.493 e. The summed E-state index contributed by atoms with van der Waals surface area (Å²) >= 11 is 12.3. The van der Waals surface area contributed by atoms with Gasteiger partial charge in [-0.3, -0.25) is 4.79 Å². The van der Waals surface area contributed by atoms with Crippen molar-refractivity contribution in [2.75, 3.05) is 18.7 Å². The van der Waals surface area contributed by atoms with Gasteiger partial charge in [0.1, 0.15) is 6.61 Å². The van der Waals surface area contributed by atoms with Gasteiger partial charge in [-0.2, -0.15) is 5.10 Å². The van der Waals surface area contributed by atoms with E-state index in [0.717, 1.165) is 11.3 Å². The third-order valence-electron chi connectivity index (χ3n) is 4.41. The smallest absolute Gasteiger partial charge is 0.256 e. The molecule has 0 N–H and O–H groups in total. The second kappa shape index (κ2) is 8.67. The zero-order valence-corrected chi connectivity index (χ0v) is 17.1. The molecule has 0 bridgehead atoms. The molecule has 1 heterocycles. The van der Waals surface area contributed by atoms with Crippen molar-refractivity contribution in [3.05, 3.63) is 64.7 Å². The van der Waals surface area contributed by atoms with Crippen molar-refractivity contribution in [1.82, 2.24) is 0 Å². The Morgan fingerprint density at radius 2 is 1.96 bits per heavy atom. The summed E-state index contributed by atoms with van der Waals surface area (Å²) in [4.78, 5) is 12.9. The number of hydrogen-bond acceptors (Lipinski definition) is 4. The third kappa shape index (κ3) is 4.16. The van der Waals surface area contributed by atoms with Gasteiger partial charge in [0, 0.05) is 10.7 Å². The lowest BCUT2D eigenvalue weighted by Crippen LogP contribution is -2.28. The van der Waals surface area contributed by atoms with Gasteiger partial charge in [0.05, 0.1) is 23.7 Å². The maximum absolute atomic E-state index is 12.9. The summed E-state index contributed by atoms with van der Waals surface area (Å²) in [5, 5.41) is 6.87. The SMILES string of the molecule is C=CCOc1c(Cl)cc(C[C@H]2C(=O)N(c3ccc(Cl)cc3)N=C2C)cc1OC. The molecule has 1 atom stereocenters. The van der Waals surface area contributed by atoms with E-state index < -0.39 is 0 Å². The van der Waals surface area contributed by atoms with Crippen LogP contribution >= 0.6 is 23.2 Å². The van der Waals surface area contributed by atoms with E-state index in [0.29, 0.717) is 40.3 Å². The van der Waals surface area contributed by atoms with E-state index in [-0.39, 0.29) is 11.8 Å². The van der Waals surface area contributed by atoms with Crippen molar-refractivity contribution >= 4 is 40.5 Å². The first-order valence-corrected chi connectivity index (χ1v) is 9.45. The second-order valence-corrected chi connectivity index (χ2v) is 7.18. The number of rotatable bonds is 7. The van der Waals surface area contributed by atoms with E-state index in [1.54, 1.807) is 43.5 Å². The van der Waals surface area contributed by atoms with Crippen LogP contribution in [0.4, 0.5) is 5.69 Å². The molecule has 1 aliphatic rings.